The molecule has 0 fully saturated rings. The van der Waals surface area contributed by atoms with Crippen molar-refractivity contribution in [3.05, 3.63) is 63.6 Å². The van der Waals surface area contributed by atoms with Gasteiger partial charge in [-0.2, -0.15) is 5.26 Å². The molecule has 0 heterocycles. The second kappa shape index (κ2) is 7.61. The highest BCUT2D eigenvalue weighted by Crippen LogP contribution is 2.25. The zero-order chi connectivity index (χ0) is 16.8. The number of anilines is 1. The van der Waals surface area contributed by atoms with E-state index < -0.39 is 5.91 Å². The highest BCUT2D eigenvalue weighted by atomic mass is 79.9. The minimum absolute atomic E-state index is 0.00431. The minimum atomic E-state index is -0.455. The van der Waals surface area contributed by atoms with Crippen molar-refractivity contribution in [2.75, 3.05) is 12.4 Å². The molecule has 2 aromatic carbocycles. The van der Waals surface area contributed by atoms with Crippen LogP contribution in [-0.2, 0) is 4.79 Å². The van der Waals surface area contributed by atoms with Crippen molar-refractivity contribution in [2.24, 2.45) is 0 Å². The Morgan fingerprint density at radius 1 is 1.30 bits per heavy atom. The number of nitrogens with zero attached hydrogens (tertiary/aromatic N) is 1. The molecule has 23 heavy (non-hydrogen) atoms. The van der Waals surface area contributed by atoms with E-state index in [1.807, 2.05) is 37.3 Å². The number of hydrogen-bond acceptors (Lipinski definition) is 3. The summed E-state index contributed by atoms with van der Waals surface area (Å²) in [6, 6.07) is 14.7. The van der Waals surface area contributed by atoms with E-state index in [1.165, 1.54) is 6.08 Å². The second-order valence-electron chi connectivity index (χ2n) is 4.83. The zero-order valence-corrected chi connectivity index (χ0v) is 14.3. The van der Waals surface area contributed by atoms with Crippen LogP contribution in [0.3, 0.4) is 0 Å². The van der Waals surface area contributed by atoms with Crippen LogP contribution in [0.5, 0.6) is 5.75 Å². The summed E-state index contributed by atoms with van der Waals surface area (Å²) in [4.78, 5) is 12.3. The smallest absolute Gasteiger partial charge is 0.266 e. The van der Waals surface area contributed by atoms with Crippen molar-refractivity contribution in [3.8, 4) is 11.8 Å². The normalized spacial score (nSPS) is 10.8. The van der Waals surface area contributed by atoms with E-state index in [-0.39, 0.29) is 5.57 Å². The van der Waals surface area contributed by atoms with Crippen LogP contribution >= 0.6 is 15.9 Å². The Bertz CT molecular complexity index is 807. The van der Waals surface area contributed by atoms with Crippen LogP contribution in [0.2, 0.25) is 0 Å². The molecule has 116 valence electrons. The quantitative estimate of drug-likeness (QED) is 0.644. The van der Waals surface area contributed by atoms with Gasteiger partial charge in [0.15, 0.2) is 0 Å². The van der Waals surface area contributed by atoms with Crippen molar-refractivity contribution in [1.82, 2.24) is 0 Å². The number of aryl methyl sites for hydroxylation is 1. The van der Waals surface area contributed by atoms with E-state index >= 15 is 0 Å². The number of nitriles is 1. The van der Waals surface area contributed by atoms with Crippen molar-refractivity contribution in [1.29, 1.82) is 5.26 Å². The van der Waals surface area contributed by atoms with E-state index in [9.17, 15) is 10.1 Å². The second-order valence-corrected chi connectivity index (χ2v) is 5.74. The molecule has 0 unspecified atom stereocenters. The molecule has 0 aliphatic carbocycles. The van der Waals surface area contributed by atoms with Crippen LogP contribution in [-0.4, -0.2) is 13.0 Å². The first-order valence-corrected chi connectivity index (χ1v) is 7.66. The monoisotopic (exact) mass is 370 g/mol. The summed E-state index contributed by atoms with van der Waals surface area (Å²) in [6.45, 7) is 1.89. The largest absolute Gasteiger partial charge is 0.496 e. The Morgan fingerprint density at radius 2 is 2.04 bits per heavy atom. The molecule has 1 N–H and O–H groups in total. The molecule has 0 aromatic heterocycles. The van der Waals surface area contributed by atoms with Gasteiger partial charge in [0.05, 0.1) is 7.11 Å². The number of ether oxygens (including phenoxy) is 1. The molecule has 0 aliphatic heterocycles. The lowest BCUT2D eigenvalue weighted by molar-refractivity contribution is -0.112. The first-order valence-electron chi connectivity index (χ1n) is 6.87. The first-order chi connectivity index (χ1) is 11.0. The number of rotatable bonds is 4. The number of hydrogen-bond donors (Lipinski definition) is 1. The number of amides is 1. The summed E-state index contributed by atoms with van der Waals surface area (Å²) in [7, 11) is 1.54. The van der Waals surface area contributed by atoms with Gasteiger partial charge >= 0.3 is 0 Å². The summed E-state index contributed by atoms with van der Waals surface area (Å²) in [6.07, 6.45) is 1.51. The number of halogens is 1. The average molecular weight is 371 g/mol. The third-order valence-corrected chi connectivity index (χ3v) is 3.74. The first kappa shape index (κ1) is 16.8. The number of methoxy groups -OCH3 is 1. The Morgan fingerprint density at radius 3 is 2.70 bits per heavy atom. The van der Waals surface area contributed by atoms with Gasteiger partial charge < -0.3 is 10.1 Å². The molecule has 0 bridgehead atoms. The SMILES string of the molecule is COc1ccc(Br)cc1/C=C(/C#N)C(=O)Nc1ccccc1C. The van der Waals surface area contributed by atoms with Crippen LogP contribution in [0.1, 0.15) is 11.1 Å². The number of para-hydroxylation sites is 1. The van der Waals surface area contributed by atoms with Crippen LogP contribution in [0, 0.1) is 18.3 Å². The number of benzene rings is 2. The molecule has 0 saturated heterocycles. The van der Waals surface area contributed by atoms with Crippen LogP contribution in [0.15, 0.2) is 52.5 Å². The van der Waals surface area contributed by atoms with E-state index in [0.29, 0.717) is 17.0 Å². The maximum atomic E-state index is 12.3. The molecule has 0 aliphatic rings. The zero-order valence-electron chi connectivity index (χ0n) is 12.8. The van der Waals surface area contributed by atoms with Gasteiger partial charge in [0.2, 0.25) is 0 Å². The Balaban J connectivity index is 2.33. The fraction of sp³-hybridized carbons (Fsp3) is 0.111. The molecule has 0 atom stereocenters. The van der Waals surface area contributed by atoms with Crippen LogP contribution < -0.4 is 10.1 Å². The maximum Gasteiger partial charge on any atom is 0.266 e. The summed E-state index contributed by atoms with van der Waals surface area (Å²) >= 11 is 3.37. The predicted molar refractivity (Wildman–Crippen MR) is 94.1 cm³/mol. The Labute approximate surface area is 143 Å². The Kier molecular flexibility index (Phi) is 5.56. The summed E-state index contributed by atoms with van der Waals surface area (Å²) in [5, 5.41) is 12.1. The predicted octanol–water partition coefficient (Wildman–Crippen LogP) is 4.31. The van der Waals surface area contributed by atoms with Gasteiger partial charge in [-0.1, -0.05) is 34.1 Å². The highest BCUT2D eigenvalue weighted by molar-refractivity contribution is 9.10. The van der Waals surface area contributed by atoms with Crippen molar-refractivity contribution in [3.63, 3.8) is 0 Å². The fourth-order valence-electron chi connectivity index (χ4n) is 2.02. The van der Waals surface area contributed by atoms with Crippen molar-refractivity contribution >= 4 is 33.6 Å². The fourth-order valence-corrected chi connectivity index (χ4v) is 2.40. The summed E-state index contributed by atoms with van der Waals surface area (Å²) < 4.78 is 6.09. The van der Waals surface area contributed by atoms with Gasteiger partial charge in [-0.25, -0.2) is 0 Å². The molecule has 0 spiro atoms. The number of nitrogens with one attached hydrogen (secondary N) is 1. The van der Waals surface area contributed by atoms with Crippen molar-refractivity contribution in [2.45, 2.75) is 6.92 Å². The van der Waals surface area contributed by atoms with E-state index in [1.54, 1.807) is 25.3 Å². The van der Waals surface area contributed by atoms with Gasteiger partial charge in [-0.05, 0) is 42.8 Å². The van der Waals surface area contributed by atoms with Gasteiger partial charge in [-0.3, -0.25) is 4.79 Å². The number of carbonyl (C=O) groups is 1. The number of carbonyl (C=O) groups excluding carboxylic acids is 1. The molecule has 2 aromatic rings. The standard InChI is InChI=1S/C18H15BrN2O2/c1-12-5-3-4-6-16(12)21-18(22)14(11-20)9-13-10-15(19)7-8-17(13)23-2/h3-10H,1-2H3,(H,21,22)/b14-9-. The van der Waals surface area contributed by atoms with Crippen LogP contribution in [0.25, 0.3) is 6.08 Å². The van der Waals surface area contributed by atoms with Gasteiger partial charge in [0.25, 0.3) is 5.91 Å². The summed E-state index contributed by atoms with van der Waals surface area (Å²) in [5.74, 6) is 0.133. The molecular formula is C18H15BrN2O2. The lowest BCUT2D eigenvalue weighted by Gasteiger charge is -2.08. The molecule has 4 nitrogen and oxygen atoms in total. The van der Waals surface area contributed by atoms with E-state index in [4.69, 9.17) is 4.74 Å². The molecule has 0 saturated carbocycles. The van der Waals surface area contributed by atoms with E-state index in [2.05, 4.69) is 21.2 Å². The lowest BCUT2D eigenvalue weighted by Crippen LogP contribution is -2.14. The highest BCUT2D eigenvalue weighted by Gasteiger charge is 2.12. The molecular weight excluding hydrogens is 356 g/mol. The third kappa shape index (κ3) is 4.21. The van der Waals surface area contributed by atoms with E-state index in [0.717, 1.165) is 10.0 Å². The van der Waals surface area contributed by atoms with Gasteiger partial charge in [0, 0.05) is 15.7 Å². The topological polar surface area (TPSA) is 62.1 Å². The van der Waals surface area contributed by atoms with Gasteiger partial charge in [-0.15, -0.1) is 0 Å². The minimum Gasteiger partial charge on any atom is -0.496 e. The molecule has 0 radical (unpaired) electrons. The van der Waals surface area contributed by atoms with Gasteiger partial charge in [0.1, 0.15) is 17.4 Å². The summed E-state index contributed by atoms with van der Waals surface area (Å²) in [5.41, 5.74) is 2.26. The van der Waals surface area contributed by atoms with Crippen LogP contribution in [0.4, 0.5) is 5.69 Å². The lowest BCUT2D eigenvalue weighted by atomic mass is 10.1. The Hall–Kier alpha value is -2.58. The molecule has 5 heteroatoms. The third-order valence-electron chi connectivity index (χ3n) is 3.25. The molecule has 2 rings (SSSR count). The molecule has 1 amide bonds. The maximum absolute atomic E-state index is 12.3. The van der Waals surface area contributed by atoms with Crippen molar-refractivity contribution < 1.29 is 9.53 Å². The average Bonchev–Trinajstić information content (AvgIpc) is 2.54.